The van der Waals surface area contributed by atoms with Crippen molar-refractivity contribution in [1.29, 1.82) is 0 Å². The summed E-state index contributed by atoms with van der Waals surface area (Å²) in [6.07, 6.45) is 8.16. The molecule has 1 saturated carbocycles. The minimum absolute atomic E-state index is 0.657. The SMILES string of the molecule is COc1ccc(NC2CCCCCC2)c(C)c1. The average Bonchev–Trinajstić information content (AvgIpc) is 2.60. The molecular formula is C15H23NO. The first-order chi connectivity index (χ1) is 8.29. The van der Waals surface area contributed by atoms with Crippen LogP contribution in [0.15, 0.2) is 18.2 Å². The van der Waals surface area contributed by atoms with Gasteiger partial charge in [0, 0.05) is 11.7 Å². The molecular weight excluding hydrogens is 210 g/mol. The van der Waals surface area contributed by atoms with Gasteiger partial charge in [-0.25, -0.2) is 0 Å². The highest BCUT2D eigenvalue weighted by atomic mass is 16.5. The smallest absolute Gasteiger partial charge is 0.119 e. The lowest BCUT2D eigenvalue weighted by Gasteiger charge is -2.19. The Morgan fingerprint density at radius 1 is 1.12 bits per heavy atom. The van der Waals surface area contributed by atoms with Crippen LogP contribution in [0, 0.1) is 6.92 Å². The molecule has 0 aromatic heterocycles. The topological polar surface area (TPSA) is 21.3 Å². The lowest BCUT2D eigenvalue weighted by Crippen LogP contribution is -2.18. The second-order valence-electron chi connectivity index (χ2n) is 5.01. The summed E-state index contributed by atoms with van der Waals surface area (Å²) in [5.41, 5.74) is 2.53. The number of methoxy groups -OCH3 is 1. The van der Waals surface area contributed by atoms with Gasteiger partial charge in [-0.05, 0) is 43.5 Å². The second kappa shape index (κ2) is 5.95. The van der Waals surface area contributed by atoms with Crippen LogP contribution in [-0.4, -0.2) is 13.2 Å². The molecule has 0 amide bonds. The predicted molar refractivity (Wildman–Crippen MR) is 72.8 cm³/mol. The van der Waals surface area contributed by atoms with E-state index in [2.05, 4.69) is 24.4 Å². The number of ether oxygens (including phenoxy) is 1. The summed E-state index contributed by atoms with van der Waals surface area (Å²) < 4.78 is 5.23. The Labute approximate surface area is 104 Å². The van der Waals surface area contributed by atoms with E-state index in [1.165, 1.54) is 49.8 Å². The Morgan fingerprint density at radius 2 is 1.82 bits per heavy atom. The van der Waals surface area contributed by atoms with Crippen LogP contribution >= 0.6 is 0 Å². The Morgan fingerprint density at radius 3 is 2.41 bits per heavy atom. The van der Waals surface area contributed by atoms with Crippen LogP contribution in [0.4, 0.5) is 5.69 Å². The highest BCUT2D eigenvalue weighted by Crippen LogP contribution is 2.25. The normalized spacial score (nSPS) is 17.5. The van der Waals surface area contributed by atoms with Gasteiger partial charge in [-0.15, -0.1) is 0 Å². The van der Waals surface area contributed by atoms with Crippen LogP contribution in [0.5, 0.6) is 5.75 Å². The molecule has 94 valence electrons. The van der Waals surface area contributed by atoms with Gasteiger partial charge in [-0.1, -0.05) is 25.7 Å². The van der Waals surface area contributed by atoms with Crippen molar-refractivity contribution in [3.63, 3.8) is 0 Å². The first-order valence-electron chi connectivity index (χ1n) is 6.71. The molecule has 1 aromatic rings. The molecule has 0 spiro atoms. The molecule has 1 fully saturated rings. The highest BCUT2D eigenvalue weighted by Gasteiger charge is 2.12. The quantitative estimate of drug-likeness (QED) is 0.792. The van der Waals surface area contributed by atoms with Gasteiger partial charge < -0.3 is 10.1 Å². The van der Waals surface area contributed by atoms with Gasteiger partial charge in [0.1, 0.15) is 5.75 Å². The summed E-state index contributed by atoms with van der Waals surface area (Å²) in [6.45, 7) is 2.14. The number of hydrogen-bond donors (Lipinski definition) is 1. The van der Waals surface area contributed by atoms with Gasteiger partial charge in [-0.3, -0.25) is 0 Å². The van der Waals surface area contributed by atoms with E-state index in [9.17, 15) is 0 Å². The average molecular weight is 233 g/mol. The molecule has 0 heterocycles. The van der Waals surface area contributed by atoms with Crippen molar-refractivity contribution in [2.75, 3.05) is 12.4 Å². The van der Waals surface area contributed by atoms with Gasteiger partial charge in [0.05, 0.1) is 7.11 Å². The number of rotatable bonds is 3. The Bertz CT molecular complexity index is 354. The zero-order chi connectivity index (χ0) is 12.1. The Balaban J connectivity index is 2.01. The fourth-order valence-corrected chi connectivity index (χ4v) is 2.57. The van der Waals surface area contributed by atoms with Crippen LogP contribution in [0.1, 0.15) is 44.1 Å². The van der Waals surface area contributed by atoms with Crippen LogP contribution in [-0.2, 0) is 0 Å². The van der Waals surface area contributed by atoms with Gasteiger partial charge in [0.2, 0.25) is 0 Å². The number of hydrogen-bond acceptors (Lipinski definition) is 2. The third kappa shape index (κ3) is 3.39. The van der Waals surface area contributed by atoms with Crippen molar-refractivity contribution in [3.8, 4) is 5.75 Å². The zero-order valence-corrected chi connectivity index (χ0v) is 11.0. The minimum atomic E-state index is 0.657. The zero-order valence-electron chi connectivity index (χ0n) is 11.0. The van der Waals surface area contributed by atoms with E-state index in [-0.39, 0.29) is 0 Å². The molecule has 0 radical (unpaired) electrons. The van der Waals surface area contributed by atoms with Gasteiger partial charge in [0.15, 0.2) is 0 Å². The van der Waals surface area contributed by atoms with Crippen LogP contribution in [0.2, 0.25) is 0 Å². The van der Waals surface area contributed by atoms with E-state index in [4.69, 9.17) is 4.74 Å². The molecule has 1 aliphatic carbocycles. The standard InChI is InChI=1S/C15H23NO/c1-12-11-14(17-2)9-10-15(12)16-13-7-5-3-4-6-8-13/h9-11,13,16H,3-8H2,1-2H3. The maximum absolute atomic E-state index is 5.23. The number of anilines is 1. The van der Waals surface area contributed by atoms with Crippen molar-refractivity contribution < 1.29 is 4.74 Å². The van der Waals surface area contributed by atoms with E-state index in [1.807, 2.05) is 6.07 Å². The fourth-order valence-electron chi connectivity index (χ4n) is 2.57. The minimum Gasteiger partial charge on any atom is -0.497 e. The first-order valence-corrected chi connectivity index (χ1v) is 6.71. The lowest BCUT2D eigenvalue weighted by molar-refractivity contribution is 0.414. The van der Waals surface area contributed by atoms with Gasteiger partial charge in [0.25, 0.3) is 0 Å². The molecule has 0 aliphatic heterocycles. The largest absolute Gasteiger partial charge is 0.497 e. The number of aryl methyl sites for hydroxylation is 1. The highest BCUT2D eigenvalue weighted by molar-refractivity contribution is 5.54. The maximum Gasteiger partial charge on any atom is 0.119 e. The maximum atomic E-state index is 5.23. The van der Waals surface area contributed by atoms with Crippen LogP contribution in [0.25, 0.3) is 0 Å². The molecule has 0 atom stereocenters. The summed E-state index contributed by atoms with van der Waals surface area (Å²) in [6, 6.07) is 6.93. The molecule has 1 aromatic carbocycles. The Hall–Kier alpha value is -1.18. The van der Waals surface area contributed by atoms with Crippen LogP contribution < -0.4 is 10.1 Å². The third-order valence-corrected chi connectivity index (χ3v) is 3.65. The summed E-state index contributed by atoms with van der Waals surface area (Å²) in [5, 5.41) is 3.68. The molecule has 0 bridgehead atoms. The summed E-state index contributed by atoms with van der Waals surface area (Å²) in [4.78, 5) is 0. The summed E-state index contributed by atoms with van der Waals surface area (Å²) >= 11 is 0. The van der Waals surface area contributed by atoms with Crippen molar-refractivity contribution in [1.82, 2.24) is 0 Å². The molecule has 2 nitrogen and oxygen atoms in total. The number of nitrogens with one attached hydrogen (secondary N) is 1. The fraction of sp³-hybridized carbons (Fsp3) is 0.600. The Kier molecular flexibility index (Phi) is 4.29. The van der Waals surface area contributed by atoms with Crippen LogP contribution in [0.3, 0.4) is 0 Å². The first kappa shape index (κ1) is 12.3. The van der Waals surface area contributed by atoms with E-state index >= 15 is 0 Å². The van der Waals surface area contributed by atoms with Gasteiger partial charge >= 0.3 is 0 Å². The monoisotopic (exact) mass is 233 g/mol. The molecule has 0 saturated heterocycles. The third-order valence-electron chi connectivity index (χ3n) is 3.65. The molecule has 17 heavy (non-hydrogen) atoms. The predicted octanol–water partition coefficient (Wildman–Crippen LogP) is 4.14. The van der Waals surface area contributed by atoms with E-state index in [0.29, 0.717) is 6.04 Å². The molecule has 0 unspecified atom stereocenters. The van der Waals surface area contributed by atoms with Crippen molar-refractivity contribution >= 4 is 5.69 Å². The number of benzene rings is 1. The van der Waals surface area contributed by atoms with E-state index in [0.717, 1.165) is 5.75 Å². The van der Waals surface area contributed by atoms with Gasteiger partial charge in [-0.2, -0.15) is 0 Å². The van der Waals surface area contributed by atoms with Crippen molar-refractivity contribution in [3.05, 3.63) is 23.8 Å². The van der Waals surface area contributed by atoms with E-state index in [1.54, 1.807) is 7.11 Å². The van der Waals surface area contributed by atoms with E-state index < -0.39 is 0 Å². The van der Waals surface area contributed by atoms with Crippen molar-refractivity contribution in [2.24, 2.45) is 0 Å². The summed E-state index contributed by atoms with van der Waals surface area (Å²) in [5.74, 6) is 0.939. The summed E-state index contributed by atoms with van der Waals surface area (Å²) in [7, 11) is 1.72. The molecule has 2 rings (SSSR count). The lowest BCUT2D eigenvalue weighted by atomic mass is 10.1. The molecule has 1 aliphatic rings. The molecule has 1 N–H and O–H groups in total. The molecule has 2 heteroatoms. The second-order valence-corrected chi connectivity index (χ2v) is 5.01. The van der Waals surface area contributed by atoms with Crippen molar-refractivity contribution in [2.45, 2.75) is 51.5 Å².